The fourth-order valence-electron chi connectivity index (χ4n) is 8.12. The third-order valence-electron chi connectivity index (χ3n) is 12.5. The number of carboxylic acid groups (broad SMARTS) is 3. The summed E-state index contributed by atoms with van der Waals surface area (Å²) in [4.78, 5) is 31.0. The highest BCUT2D eigenvalue weighted by atomic mass is 16.4. The zero-order chi connectivity index (χ0) is 49.8. The number of aliphatic hydroxyl groups is 1. The Morgan fingerprint density at radius 1 is 0.313 bits per heavy atom. The van der Waals surface area contributed by atoms with E-state index in [9.17, 15) is 14.4 Å². The van der Waals surface area contributed by atoms with Gasteiger partial charge in [-0.05, 0) is 109 Å². The van der Waals surface area contributed by atoms with Crippen molar-refractivity contribution in [3.05, 3.63) is 36.5 Å². The van der Waals surface area contributed by atoms with Crippen molar-refractivity contribution in [2.45, 2.75) is 329 Å². The van der Waals surface area contributed by atoms with Gasteiger partial charge in [-0.3, -0.25) is 14.4 Å². The number of hydrogen-bond donors (Lipinski definition) is 4. The van der Waals surface area contributed by atoms with Crippen molar-refractivity contribution in [2.75, 3.05) is 0 Å². The summed E-state index contributed by atoms with van der Waals surface area (Å²) in [6.07, 6.45) is 69.6. The lowest BCUT2D eigenvalue weighted by atomic mass is 9.98. The maximum absolute atomic E-state index is 10.3. The molecule has 7 nitrogen and oxygen atoms in total. The second-order valence-corrected chi connectivity index (χ2v) is 19.5. The van der Waals surface area contributed by atoms with E-state index in [4.69, 9.17) is 20.4 Å². The van der Waals surface area contributed by atoms with Gasteiger partial charge in [-0.25, -0.2) is 0 Å². The molecule has 0 aromatic heterocycles. The van der Waals surface area contributed by atoms with Crippen LogP contribution in [0.3, 0.4) is 0 Å². The highest BCUT2D eigenvalue weighted by Gasteiger charge is 2.07. The summed E-state index contributed by atoms with van der Waals surface area (Å²) >= 11 is 0. The summed E-state index contributed by atoms with van der Waals surface area (Å²) in [6, 6.07) is 0. The van der Waals surface area contributed by atoms with Crippen LogP contribution in [0.15, 0.2) is 36.5 Å². The smallest absolute Gasteiger partial charge is 0.303 e. The largest absolute Gasteiger partial charge is 0.481 e. The summed E-state index contributed by atoms with van der Waals surface area (Å²) in [5.41, 5.74) is 0. The normalized spacial score (nSPS) is 12.7. The van der Waals surface area contributed by atoms with E-state index in [1.54, 1.807) is 0 Å². The summed E-state index contributed by atoms with van der Waals surface area (Å²) in [6.45, 7) is 6.78. The van der Waals surface area contributed by atoms with Gasteiger partial charge in [-0.2, -0.15) is 0 Å². The van der Waals surface area contributed by atoms with Crippen LogP contribution in [0, 0.1) is 0 Å². The van der Waals surface area contributed by atoms with Crippen LogP contribution >= 0.6 is 0 Å². The minimum Gasteiger partial charge on any atom is -0.481 e. The topological polar surface area (TPSA) is 132 Å². The predicted molar refractivity (Wildman–Crippen MR) is 290 cm³/mol. The zero-order valence-corrected chi connectivity index (χ0v) is 44.8. The van der Waals surface area contributed by atoms with Gasteiger partial charge in [-0.15, -0.1) is 0 Å². The quantitative estimate of drug-likeness (QED) is 0.0353. The molecule has 67 heavy (non-hydrogen) atoms. The van der Waals surface area contributed by atoms with Crippen LogP contribution in [0.1, 0.15) is 323 Å². The van der Waals surface area contributed by atoms with Crippen molar-refractivity contribution < 1.29 is 34.8 Å². The fourth-order valence-corrected chi connectivity index (χ4v) is 8.12. The molecule has 0 atom stereocenters. The Morgan fingerprint density at radius 3 is 0.687 bits per heavy atom. The van der Waals surface area contributed by atoms with Gasteiger partial charge < -0.3 is 20.4 Å². The van der Waals surface area contributed by atoms with E-state index < -0.39 is 17.9 Å². The van der Waals surface area contributed by atoms with Crippen molar-refractivity contribution in [1.82, 2.24) is 0 Å². The molecule has 0 radical (unpaired) electrons. The molecular weight excluding hydrogens is 833 g/mol. The van der Waals surface area contributed by atoms with Gasteiger partial charge in [0.25, 0.3) is 0 Å². The molecule has 1 aliphatic rings. The Labute approximate surface area is 416 Å². The molecule has 0 unspecified atom stereocenters. The minimum absolute atomic E-state index is 0.0359. The Morgan fingerprint density at radius 2 is 0.507 bits per heavy atom. The summed E-state index contributed by atoms with van der Waals surface area (Å²) < 4.78 is 0. The van der Waals surface area contributed by atoms with Crippen molar-refractivity contribution in [1.29, 1.82) is 0 Å². The van der Waals surface area contributed by atoms with Gasteiger partial charge in [0.15, 0.2) is 0 Å². The Bertz CT molecular complexity index is 942. The highest BCUT2D eigenvalue weighted by Crippen LogP contribution is 2.17. The Kier molecular flexibility index (Phi) is 65.3. The Balaban J connectivity index is -0.000000851. The maximum atomic E-state index is 10.3. The van der Waals surface area contributed by atoms with E-state index in [1.807, 2.05) is 0 Å². The number of aliphatic carboxylic acids is 3. The molecule has 1 saturated carbocycles. The maximum Gasteiger partial charge on any atom is 0.303 e. The first-order chi connectivity index (χ1) is 32.7. The molecule has 7 heteroatoms. The molecule has 0 amide bonds. The number of carboxylic acids is 3. The average molecular weight is 948 g/mol. The second-order valence-electron chi connectivity index (χ2n) is 19.5. The van der Waals surface area contributed by atoms with E-state index in [2.05, 4.69) is 57.2 Å². The molecule has 0 saturated heterocycles. The molecule has 0 bridgehead atoms. The van der Waals surface area contributed by atoms with Crippen molar-refractivity contribution in [3.8, 4) is 0 Å². The summed E-state index contributed by atoms with van der Waals surface area (Å²) in [5, 5.41) is 34.4. The van der Waals surface area contributed by atoms with Gasteiger partial charge in [0.05, 0.1) is 6.10 Å². The van der Waals surface area contributed by atoms with E-state index in [1.165, 1.54) is 231 Å². The predicted octanol–water partition coefficient (Wildman–Crippen LogP) is 19.6. The lowest BCUT2D eigenvalue weighted by Crippen LogP contribution is -2.09. The number of allylic oxidation sites excluding steroid dienone is 6. The SMILES string of the molecule is CCCCCCCCC=CCCCCCCCC(=O)O.CCCCCCCCC=CCCCCCCCC(=O)O.CCCCCCCCC=CCCCCCCCC(=O)O.OC1CCCCC1. The zero-order valence-electron chi connectivity index (χ0n) is 44.8. The fraction of sp³-hybridized carbons (Fsp3) is 0.850. The number of rotatable bonds is 45. The third-order valence-corrected chi connectivity index (χ3v) is 12.5. The first-order valence-electron chi connectivity index (χ1n) is 29.0. The van der Waals surface area contributed by atoms with Crippen LogP contribution in [0.5, 0.6) is 0 Å². The van der Waals surface area contributed by atoms with Gasteiger partial charge in [-0.1, -0.05) is 231 Å². The summed E-state index contributed by atoms with van der Waals surface area (Å²) in [7, 11) is 0. The van der Waals surface area contributed by atoms with Crippen LogP contribution < -0.4 is 0 Å². The lowest BCUT2D eigenvalue weighted by molar-refractivity contribution is -0.138. The standard InChI is InChI=1S/3C18H34O2.C6H12O/c3*1-2-3-4-5-6-7-8-9-10-11-12-13-14-15-16-17-18(19)20;7-6-4-2-1-3-5-6/h3*9-10H,2-8,11-17H2,1H3,(H,19,20);6-7H,1-5H2. The second kappa shape index (κ2) is 63.6. The number of unbranched alkanes of at least 4 members (excludes halogenated alkanes) is 33. The Hall–Kier alpha value is -2.41. The van der Waals surface area contributed by atoms with Gasteiger partial charge in [0.1, 0.15) is 0 Å². The monoisotopic (exact) mass is 947 g/mol. The first-order valence-corrected chi connectivity index (χ1v) is 29.0. The molecule has 4 N–H and O–H groups in total. The molecule has 1 fully saturated rings. The number of hydrogen-bond acceptors (Lipinski definition) is 4. The average Bonchev–Trinajstić information content (AvgIpc) is 3.31. The van der Waals surface area contributed by atoms with E-state index in [0.29, 0.717) is 19.3 Å². The minimum atomic E-state index is -0.664. The van der Waals surface area contributed by atoms with E-state index in [-0.39, 0.29) is 6.10 Å². The molecular formula is C60H114O7. The van der Waals surface area contributed by atoms with Crippen LogP contribution in [0.2, 0.25) is 0 Å². The van der Waals surface area contributed by atoms with Crippen molar-refractivity contribution in [2.24, 2.45) is 0 Å². The summed E-state index contributed by atoms with van der Waals surface area (Å²) in [5.74, 6) is -1.99. The van der Waals surface area contributed by atoms with Crippen LogP contribution in [-0.4, -0.2) is 44.4 Å². The highest BCUT2D eigenvalue weighted by molar-refractivity contribution is 5.67. The van der Waals surface area contributed by atoms with Gasteiger partial charge >= 0.3 is 17.9 Å². The van der Waals surface area contributed by atoms with Gasteiger partial charge in [0.2, 0.25) is 0 Å². The van der Waals surface area contributed by atoms with E-state index >= 15 is 0 Å². The van der Waals surface area contributed by atoms with Crippen molar-refractivity contribution >= 4 is 17.9 Å². The molecule has 0 heterocycles. The lowest BCUT2D eigenvalue weighted by Gasteiger charge is -2.14. The molecule has 0 aromatic carbocycles. The molecule has 0 aromatic rings. The third kappa shape index (κ3) is 75.3. The van der Waals surface area contributed by atoms with Crippen LogP contribution in [0.25, 0.3) is 0 Å². The number of aliphatic hydroxyl groups excluding tert-OH is 1. The van der Waals surface area contributed by atoms with Crippen LogP contribution in [-0.2, 0) is 14.4 Å². The molecule has 1 aliphatic carbocycles. The molecule has 0 aliphatic heterocycles. The number of carbonyl (C=O) groups is 3. The van der Waals surface area contributed by atoms with Gasteiger partial charge in [0, 0.05) is 19.3 Å². The molecule has 0 spiro atoms. The molecule has 1 rings (SSSR count). The molecule has 396 valence electrons. The van der Waals surface area contributed by atoms with Crippen molar-refractivity contribution in [3.63, 3.8) is 0 Å². The van der Waals surface area contributed by atoms with E-state index in [0.717, 1.165) is 51.4 Å². The van der Waals surface area contributed by atoms with Crippen LogP contribution in [0.4, 0.5) is 0 Å². The first kappa shape index (κ1) is 68.9.